The van der Waals surface area contributed by atoms with Gasteiger partial charge in [-0.15, -0.1) is 0 Å². The predicted octanol–water partition coefficient (Wildman–Crippen LogP) is 1.77. The van der Waals surface area contributed by atoms with Gasteiger partial charge >= 0.3 is 0 Å². The Morgan fingerprint density at radius 1 is 1.69 bits per heavy atom. The quantitative estimate of drug-likeness (QED) is 0.861. The lowest BCUT2D eigenvalue weighted by molar-refractivity contribution is 0.392. The van der Waals surface area contributed by atoms with Crippen LogP contribution in [0.2, 0.25) is 0 Å². The number of aryl methyl sites for hydroxylation is 1. The third-order valence-corrected chi connectivity index (χ3v) is 3.41. The van der Waals surface area contributed by atoms with E-state index in [0.717, 1.165) is 10.2 Å². The third-order valence-electron chi connectivity index (χ3n) is 2.83. The molecule has 4 heteroatoms. The Hall–Kier alpha value is -0.350. The number of nitrogens with two attached hydrogens (primary N) is 1. The summed E-state index contributed by atoms with van der Waals surface area (Å²) in [4.78, 5) is 0. The van der Waals surface area contributed by atoms with Crippen LogP contribution >= 0.6 is 15.9 Å². The van der Waals surface area contributed by atoms with Crippen molar-refractivity contribution in [1.29, 1.82) is 0 Å². The van der Waals surface area contributed by atoms with Crippen molar-refractivity contribution in [1.82, 2.24) is 9.78 Å². The molecule has 1 fully saturated rings. The Labute approximate surface area is 86.4 Å². The van der Waals surface area contributed by atoms with Gasteiger partial charge in [0.2, 0.25) is 0 Å². The van der Waals surface area contributed by atoms with E-state index in [0.29, 0.717) is 5.92 Å². The first kappa shape index (κ1) is 9.21. The molecule has 0 aromatic carbocycles. The molecule has 0 aliphatic heterocycles. The molecule has 0 saturated heterocycles. The van der Waals surface area contributed by atoms with Crippen molar-refractivity contribution in [3.8, 4) is 0 Å². The van der Waals surface area contributed by atoms with Gasteiger partial charge in [-0.05, 0) is 41.6 Å². The highest BCUT2D eigenvalue weighted by molar-refractivity contribution is 9.10. The predicted molar refractivity (Wildman–Crippen MR) is 55.2 cm³/mol. The second-order valence-corrected chi connectivity index (χ2v) is 4.88. The number of hydrogen-bond donors (Lipinski definition) is 1. The molecule has 1 aromatic rings. The molecule has 1 heterocycles. The van der Waals surface area contributed by atoms with Crippen LogP contribution in [0.25, 0.3) is 0 Å². The van der Waals surface area contributed by atoms with Crippen molar-refractivity contribution < 1.29 is 0 Å². The average molecular weight is 244 g/mol. The first-order chi connectivity index (χ1) is 6.03. The highest BCUT2D eigenvalue weighted by atomic mass is 79.9. The van der Waals surface area contributed by atoms with Crippen molar-refractivity contribution in [2.75, 3.05) is 0 Å². The number of halogens is 1. The van der Waals surface area contributed by atoms with Gasteiger partial charge in [-0.2, -0.15) is 5.10 Å². The summed E-state index contributed by atoms with van der Waals surface area (Å²) in [6, 6.07) is 0. The normalized spacial score (nSPS) is 21.5. The van der Waals surface area contributed by atoms with E-state index in [2.05, 4.69) is 28.0 Å². The van der Waals surface area contributed by atoms with E-state index < -0.39 is 0 Å². The van der Waals surface area contributed by atoms with Crippen LogP contribution in [0.5, 0.6) is 0 Å². The number of rotatable bonds is 2. The third kappa shape index (κ3) is 1.42. The molecule has 2 rings (SSSR count). The smallest absolute Gasteiger partial charge is 0.0721 e. The molecule has 3 nitrogen and oxygen atoms in total. The summed E-state index contributed by atoms with van der Waals surface area (Å²) in [7, 11) is 1.94. The van der Waals surface area contributed by atoms with Crippen molar-refractivity contribution in [3.05, 3.63) is 16.4 Å². The number of aromatic nitrogens is 2. The van der Waals surface area contributed by atoms with Crippen LogP contribution in [-0.2, 0) is 12.6 Å². The summed E-state index contributed by atoms with van der Waals surface area (Å²) >= 11 is 3.49. The Bertz CT molecular complexity index is 306. The van der Waals surface area contributed by atoms with E-state index in [1.165, 1.54) is 12.8 Å². The van der Waals surface area contributed by atoms with Gasteiger partial charge in [0, 0.05) is 7.05 Å². The molecule has 1 unspecified atom stereocenters. The van der Waals surface area contributed by atoms with Gasteiger partial charge in [0.05, 0.1) is 21.9 Å². The number of hydrogen-bond acceptors (Lipinski definition) is 2. The molecule has 0 radical (unpaired) electrons. The van der Waals surface area contributed by atoms with Crippen molar-refractivity contribution in [2.45, 2.75) is 25.3 Å². The highest BCUT2D eigenvalue weighted by Gasteiger charge is 2.42. The van der Waals surface area contributed by atoms with E-state index in [4.69, 9.17) is 5.73 Å². The van der Waals surface area contributed by atoms with Crippen LogP contribution in [-0.4, -0.2) is 9.78 Å². The summed E-state index contributed by atoms with van der Waals surface area (Å²) in [6.07, 6.45) is 4.29. The van der Waals surface area contributed by atoms with E-state index in [9.17, 15) is 0 Å². The van der Waals surface area contributed by atoms with Crippen molar-refractivity contribution >= 4 is 15.9 Å². The molecule has 1 aliphatic rings. The molecular weight excluding hydrogens is 230 g/mol. The lowest BCUT2D eigenvalue weighted by Gasteiger charge is -2.25. The monoisotopic (exact) mass is 243 g/mol. The standard InChI is InChI=1S/C9H14BrN3/c1-9(11,6-3-4-6)8-7(10)5-12-13(8)2/h5-6H,3-4,11H2,1-2H3. The van der Waals surface area contributed by atoms with E-state index in [-0.39, 0.29) is 5.54 Å². The molecule has 1 aliphatic carbocycles. The Morgan fingerprint density at radius 3 is 2.69 bits per heavy atom. The lowest BCUT2D eigenvalue weighted by Crippen LogP contribution is -2.37. The zero-order valence-electron chi connectivity index (χ0n) is 7.92. The Balaban J connectivity index is 2.42. The molecule has 0 amide bonds. The molecule has 0 bridgehead atoms. The summed E-state index contributed by atoms with van der Waals surface area (Å²) < 4.78 is 2.88. The van der Waals surface area contributed by atoms with Gasteiger partial charge in [-0.1, -0.05) is 0 Å². The fourth-order valence-electron chi connectivity index (χ4n) is 1.89. The molecular formula is C9H14BrN3. The summed E-state index contributed by atoms with van der Waals surface area (Å²) in [5.41, 5.74) is 7.17. The van der Waals surface area contributed by atoms with Crippen molar-refractivity contribution in [3.63, 3.8) is 0 Å². The van der Waals surface area contributed by atoms with Gasteiger partial charge in [-0.25, -0.2) is 0 Å². The maximum atomic E-state index is 6.30. The van der Waals surface area contributed by atoms with Gasteiger partial charge in [0.25, 0.3) is 0 Å². The molecule has 1 atom stereocenters. The van der Waals surface area contributed by atoms with Crippen molar-refractivity contribution in [2.24, 2.45) is 18.7 Å². The lowest BCUT2D eigenvalue weighted by atomic mass is 9.93. The molecule has 0 spiro atoms. The second kappa shape index (κ2) is 2.82. The number of nitrogens with zero attached hydrogens (tertiary/aromatic N) is 2. The van der Waals surface area contributed by atoms with Crippen LogP contribution in [0.3, 0.4) is 0 Å². The van der Waals surface area contributed by atoms with Crippen LogP contribution in [0.15, 0.2) is 10.7 Å². The van der Waals surface area contributed by atoms with Crippen LogP contribution in [0, 0.1) is 5.92 Å². The summed E-state index contributed by atoms with van der Waals surface area (Å²) in [6.45, 7) is 2.09. The minimum atomic E-state index is -0.232. The first-order valence-corrected chi connectivity index (χ1v) is 5.29. The fraction of sp³-hybridized carbons (Fsp3) is 0.667. The van der Waals surface area contributed by atoms with E-state index in [1.54, 1.807) is 0 Å². The SMILES string of the molecule is Cn1ncc(Br)c1C(C)(N)C1CC1. The minimum absolute atomic E-state index is 0.232. The summed E-state index contributed by atoms with van der Waals surface area (Å²) in [5, 5.41) is 4.18. The minimum Gasteiger partial charge on any atom is -0.320 e. The van der Waals surface area contributed by atoms with E-state index >= 15 is 0 Å². The largest absolute Gasteiger partial charge is 0.320 e. The fourth-order valence-corrected chi connectivity index (χ4v) is 2.67. The van der Waals surface area contributed by atoms with Gasteiger partial charge in [0.1, 0.15) is 0 Å². The second-order valence-electron chi connectivity index (χ2n) is 4.02. The highest BCUT2D eigenvalue weighted by Crippen LogP contribution is 2.45. The molecule has 1 aromatic heterocycles. The van der Waals surface area contributed by atoms with Gasteiger partial charge in [-0.3, -0.25) is 4.68 Å². The maximum Gasteiger partial charge on any atom is 0.0721 e. The average Bonchev–Trinajstić information content (AvgIpc) is 2.79. The zero-order valence-corrected chi connectivity index (χ0v) is 9.50. The molecule has 72 valence electrons. The van der Waals surface area contributed by atoms with Gasteiger partial charge in [0.15, 0.2) is 0 Å². The maximum absolute atomic E-state index is 6.30. The Morgan fingerprint density at radius 2 is 2.31 bits per heavy atom. The van der Waals surface area contributed by atoms with Crippen LogP contribution in [0.1, 0.15) is 25.5 Å². The zero-order chi connectivity index (χ0) is 9.64. The van der Waals surface area contributed by atoms with Crippen LogP contribution < -0.4 is 5.73 Å². The van der Waals surface area contributed by atoms with Crippen LogP contribution in [0.4, 0.5) is 0 Å². The van der Waals surface area contributed by atoms with Gasteiger partial charge < -0.3 is 5.73 Å². The topological polar surface area (TPSA) is 43.8 Å². The van der Waals surface area contributed by atoms with E-state index in [1.807, 2.05) is 17.9 Å². The molecule has 2 N–H and O–H groups in total. The molecule has 13 heavy (non-hydrogen) atoms. The Kier molecular flexibility index (Phi) is 2.00. The molecule has 1 saturated carbocycles. The first-order valence-electron chi connectivity index (χ1n) is 4.50. The summed E-state index contributed by atoms with van der Waals surface area (Å²) in [5.74, 6) is 0.624.